The Morgan fingerprint density at radius 3 is 2.40 bits per heavy atom. The second-order valence-electron chi connectivity index (χ2n) is 12.2. The van der Waals surface area contributed by atoms with E-state index >= 15 is 0 Å². The number of nitrogens with one attached hydrogen (secondary N) is 2. The van der Waals surface area contributed by atoms with Gasteiger partial charge in [0.15, 0.2) is 17.3 Å². The van der Waals surface area contributed by atoms with Gasteiger partial charge in [-0.15, -0.1) is 0 Å². The van der Waals surface area contributed by atoms with Crippen LogP contribution in [0.3, 0.4) is 0 Å². The number of aryl methyl sites for hydroxylation is 1. The smallest absolute Gasteiger partial charge is 0.176 e. The van der Waals surface area contributed by atoms with E-state index in [4.69, 9.17) is 19.2 Å². The summed E-state index contributed by atoms with van der Waals surface area (Å²) in [6.45, 7) is 6.90. The maximum Gasteiger partial charge on any atom is 0.176 e. The molecule has 3 aliphatic heterocycles. The number of nitrogens with zero attached hydrogens (tertiary/aromatic N) is 5. The molecule has 9 rings (SSSR count). The summed E-state index contributed by atoms with van der Waals surface area (Å²) in [5, 5.41) is 16.6. The Morgan fingerprint density at radius 2 is 1.62 bits per heavy atom. The van der Waals surface area contributed by atoms with Crippen molar-refractivity contribution in [2.24, 2.45) is 0 Å². The predicted molar refractivity (Wildman–Crippen MR) is 173 cm³/mol. The minimum atomic E-state index is 0.406. The Morgan fingerprint density at radius 1 is 0.844 bits per heavy atom. The molecule has 6 heterocycles. The molecule has 2 N–H and O–H groups in total. The van der Waals surface area contributed by atoms with Gasteiger partial charge in [-0.25, -0.2) is 4.98 Å². The highest BCUT2D eigenvalue weighted by atomic mass is 16.5. The number of pyridine rings is 1. The summed E-state index contributed by atoms with van der Waals surface area (Å²) < 4.78 is 18.6. The van der Waals surface area contributed by atoms with Crippen LogP contribution in [-0.2, 0) is 9.47 Å². The summed E-state index contributed by atoms with van der Waals surface area (Å²) in [4.78, 5) is 9.70. The molecule has 10 heteroatoms. The van der Waals surface area contributed by atoms with Crippen molar-refractivity contribution < 1.29 is 14.2 Å². The Hall–Kier alpha value is -4.77. The van der Waals surface area contributed by atoms with Crippen molar-refractivity contribution in [2.45, 2.75) is 25.5 Å². The first-order valence-corrected chi connectivity index (χ1v) is 15.6. The van der Waals surface area contributed by atoms with E-state index in [1.807, 2.05) is 24.7 Å². The summed E-state index contributed by atoms with van der Waals surface area (Å²) in [5.74, 6) is 2.31. The van der Waals surface area contributed by atoms with Crippen LogP contribution in [0.1, 0.15) is 12.0 Å². The molecular weight excluding hydrogens is 566 g/mol. The fourth-order valence-electron chi connectivity index (χ4n) is 7.03. The highest BCUT2D eigenvalue weighted by molar-refractivity contribution is 5.88. The number of fused-ring (bicyclic) bond motifs is 6. The molecule has 0 radical (unpaired) electrons. The quantitative estimate of drug-likeness (QED) is 0.199. The number of ether oxygens (including phenoxy) is 3. The molecule has 0 saturated carbocycles. The zero-order valence-corrected chi connectivity index (χ0v) is 25.0. The van der Waals surface area contributed by atoms with Crippen molar-refractivity contribution in [3.8, 4) is 33.8 Å². The van der Waals surface area contributed by atoms with Crippen molar-refractivity contribution in [1.82, 2.24) is 30.3 Å². The van der Waals surface area contributed by atoms with E-state index < -0.39 is 0 Å². The second kappa shape index (κ2) is 10.7. The van der Waals surface area contributed by atoms with Gasteiger partial charge in [-0.2, -0.15) is 10.2 Å². The van der Waals surface area contributed by atoms with Gasteiger partial charge in [0.1, 0.15) is 0 Å². The molecule has 6 aromatic rings. The van der Waals surface area contributed by atoms with Gasteiger partial charge in [0.25, 0.3) is 0 Å². The summed E-state index contributed by atoms with van der Waals surface area (Å²) in [6, 6.07) is 19.6. The van der Waals surface area contributed by atoms with E-state index in [0.29, 0.717) is 31.9 Å². The lowest BCUT2D eigenvalue weighted by atomic mass is 9.97. The molecule has 2 bridgehead atoms. The molecule has 45 heavy (non-hydrogen) atoms. The minimum absolute atomic E-state index is 0.406. The molecule has 0 spiro atoms. The number of hydrogen-bond donors (Lipinski definition) is 2. The van der Waals surface area contributed by atoms with E-state index in [1.54, 1.807) is 0 Å². The summed E-state index contributed by atoms with van der Waals surface area (Å²) in [7, 11) is 0. The lowest BCUT2D eigenvalue weighted by molar-refractivity contribution is 0.0163. The zero-order chi connectivity index (χ0) is 29.9. The Kier molecular flexibility index (Phi) is 6.32. The molecule has 2 atom stereocenters. The van der Waals surface area contributed by atoms with Gasteiger partial charge in [0.2, 0.25) is 0 Å². The van der Waals surface area contributed by atoms with E-state index in [0.717, 1.165) is 98.7 Å². The van der Waals surface area contributed by atoms with Gasteiger partial charge < -0.3 is 19.1 Å². The van der Waals surface area contributed by atoms with Crippen LogP contribution >= 0.6 is 0 Å². The topological polar surface area (TPSA) is 104 Å². The Labute approximate surface area is 259 Å². The molecule has 226 valence electrons. The number of morpholine rings is 1. The van der Waals surface area contributed by atoms with E-state index in [2.05, 4.69) is 85.6 Å². The third kappa shape index (κ3) is 4.73. The molecule has 3 aliphatic rings. The molecule has 0 unspecified atom stereocenters. The number of H-pyrrole nitrogens is 2. The molecule has 3 aromatic carbocycles. The molecule has 2 fully saturated rings. The molecular formula is C35H33N7O3. The molecule has 0 aliphatic carbocycles. The largest absolute Gasteiger partial charge is 0.451 e. The highest BCUT2D eigenvalue weighted by Gasteiger charge is 2.38. The standard InChI is InChI=1S/C35H33N7O3/c1-21-10-32-33(15-29(21)23-3-5-31-26(12-23)18-38-40-31)45-34-13-24(22-2-4-30-25(11-22)17-37-39-30)16-36-35(34)42(32)7-9-43-8-6-41-19-28-14-27(41)20-44-28/h2-5,10-13,15-18,27-28H,6-9,14,19-20H2,1H3,(H,37,39)(H,38,40)/t27-,28-/m1/s1. The number of likely N-dealkylation sites (tertiary alicyclic amines) is 1. The summed E-state index contributed by atoms with van der Waals surface area (Å²) in [5.41, 5.74) is 8.45. The molecule has 2 saturated heterocycles. The fourth-order valence-corrected chi connectivity index (χ4v) is 7.03. The monoisotopic (exact) mass is 599 g/mol. The van der Waals surface area contributed by atoms with Crippen molar-refractivity contribution in [3.05, 3.63) is 78.8 Å². The van der Waals surface area contributed by atoms with Gasteiger partial charge in [0, 0.05) is 48.2 Å². The van der Waals surface area contributed by atoms with Gasteiger partial charge in [-0.05, 0) is 78.1 Å². The average molecular weight is 600 g/mol. The summed E-state index contributed by atoms with van der Waals surface area (Å²) in [6.07, 6.45) is 7.18. The van der Waals surface area contributed by atoms with E-state index in [1.165, 1.54) is 0 Å². The Balaban J connectivity index is 1.03. The summed E-state index contributed by atoms with van der Waals surface area (Å²) >= 11 is 0. The van der Waals surface area contributed by atoms with Crippen LogP contribution in [0.5, 0.6) is 11.5 Å². The van der Waals surface area contributed by atoms with Crippen LogP contribution in [0.25, 0.3) is 44.1 Å². The number of aromatic nitrogens is 5. The average Bonchev–Trinajstić information content (AvgIpc) is 3.88. The number of rotatable bonds is 8. The van der Waals surface area contributed by atoms with Crippen molar-refractivity contribution >= 4 is 33.3 Å². The molecule has 10 nitrogen and oxygen atoms in total. The van der Waals surface area contributed by atoms with Gasteiger partial charge >= 0.3 is 0 Å². The van der Waals surface area contributed by atoms with Crippen LogP contribution in [-0.4, -0.2) is 81.9 Å². The van der Waals surface area contributed by atoms with Gasteiger partial charge in [0.05, 0.1) is 55.0 Å². The van der Waals surface area contributed by atoms with Crippen molar-refractivity contribution in [1.29, 1.82) is 0 Å². The predicted octanol–water partition coefficient (Wildman–Crippen LogP) is 6.21. The first kappa shape index (κ1) is 26.6. The first-order valence-electron chi connectivity index (χ1n) is 15.6. The third-order valence-corrected chi connectivity index (χ3v) is 9.43. The van der Waals surface area contributed by atoms with Crippen LogP contribution in [0.2, 0.25) is 0 Å². The van der Waals surface area contributed by atoms with E-state index in [-0.39, 0.29) is 0 Å². The number of aromatic amines is 2. The minimum Gasteiger partial charge on any atom is -0.451 e. The highest BCUT2D eigenvalue weighted by Crippen LogP contribution is 2.49. The normalized spacial score (nSPS) is 18.9. The third-order valence-electron chi connectivity index (χ3n) is 9.43. The molecule has 0 amide bonds. The van der Waals surface area contributed by atoms with Crippen LogP contribution in [0.4, 0.5) is 11.5 Å². The maximum absolute atomic E-state index is 6.65. The number of hydrogen-bond acceptors (Lipinski definition) is 8. The maximum atomic E-state index is 6.65. The number of benzene rings is 3. The fraction of sp³-hybridized carbons (Fsp3) is 0.286. The first-order chi connectivity index (χ1) is 22.2. The van der Waals surface area contributed by atoms with E-state index in [9.17, 15) is 0 Å². The lowest BCUT2D eigenvalue weighted by Gasteiger charge is -2.33. The van der Waals surface area contributed by atoms with Crippen molar-refractivity contribution in [2.75, 3.05) is 44.4 Å². The van der Waals surface area contributed by atoms with Crippen LogP contribution in [0, 0.1) is 6.92 Å². The van der Waals surface area contributed by atoms with Gasteiger partial charge in [-0.1, -0.05) is 12.1 Å². The lowest BCUT2D eigenvalue weighted by Crippen LogP contribution is -2.39. The zero-order valence-electron chi connectivity index (χ0n) is 25.0. The SMILES string of the molecule is Cc1cc2c(cc1-c1ccc3[nH]ncc3c1)Oc1cc(-c3ccc4[nH]ncc4c3)cnc1N2CCOCCN1C[C@H]2C[C@@H]1CO2. The van der Waals surface area contributed by atoms with Crippen molar-refractivity contribution in [3.63, 3.8) is 0 Å². The number of anilines is 2. The van der Waals surface area contributed by atoms with Crippen LogP contribution in [0.15, 0.2) is 73.2 Å². The second-order valence-corrected chi connectivity index (χ2v) is 12.2. The van der Waals surface area contributed by atoms with Crippen LogP contribution < -0.4 is 9.64 Å². The van der Waals surface area contributed by atoms with Gasteiger partial charge in [-0.3, -0.25) is 15.1 Å². The molecule has 3 aromatic heterocycles. The Bertz CT molecular complexity index is 2050.